The number of aromatic nitrogens is 1. The van der Waals surface area contributed by atoms with Crippen LogP contribution >= 0.6 is 0 Å². The lowest BCUT2D eigenvalue weighted by atomic mass is 9.93. The maximum Gasteiger partial charge on any atom is 0.0605 e. The second kappa shape index (κ2) is 5.16. The quantitative estimate of drug-likeness (QED) is 0.902. The number of pyridine rings is 1. The molecule has 20 heavy (non-hydrogen) atoms. The molecule has 0 radical (unpaired) electrons. The third-order valence-corrected chi connectivity index (χ3v) is 3.72. The van der Waals surface area contributed by atoms with Crippen LogP contribution in [0.3, 0.4) is 0 Å². The number of benzene rings is 1. The predicted octanol–water partition coefficient (Wildman–Crippen LogP) is 3.54. The van der Waals surface area contributed by atoms with Gasteiger partial charge >= 0.3 is 0 Å². The van der Waals surface area contributed by atoms with Gasteiger partial charge in [0.25, 0.3) is 0 Å². The first-order valence-corrected chi connectivity index (χ1v) is 7.11. The van der Waals surface area contributed by atoms with Gasteiger partial charge in [0.05, 0.1) is 11.4 Å². The number of nitrogens with one attached hydrogen (secondary N) is 1. The number of para-hydroxylation sites is 2. The van der Waals surface area contributed by atoms with Crippen LogP contribution in [0.2, 0.25) is 0 Å². The average Bonchev–Trinajstić information content (AvgIpc) is 2.57. The molecule has 0 saturated heterocycles. The van der Waals surface area contributed by atoms with E-state index in [1.165, 1.54) is 16.9 Å². The number of rotatable bonds is 2. The molecule has 0 unspecified atom stereocenters. The summed E-state index contributed by atoms with van der Waals surface area (Å²) in [5.41, 5.74) is 3.99. The van der Waals surface area contributed by atoms with E-state index in [2.05, 4.69) is 59.4 Å². The molecule has 0 spiro atoms. The summed E-state index contributed by atoms with van der Waals surface area (Å²) in [6.45, 7) is 7.54. The molecule has 3 heteroatoms. The van der Waals surface area contributed by atoms with Crippen LogP contribution in [-0.2, 0) is 6.54 Å². The molecule has 0 fully saturated rings. The van der Waals surface area contributed by atoms with Crippen LogP contribution in [0.15, 0.2) is 48.8 Å². The highest BCUT2D eigenvalue weighted by molar-refractivity contribution is 5.71. The molecule has 1 N–H and O–H groups in total. The van der Waals surface area contributed by atoms with Crippen molar-refractivity contribution >= 4 is 11.4 Å². The number of hydrogen-bond donors (Lipinski definition) is 1. The Morgan fingerprint density at radius 2 is 2.05 bits per heavy atom. The summed E-state index contributed by atoms with van der Waals surface area (Å²) in [4.78, 5) is 6.67. The zero-order chi connectivity index (χ0) is 14.0. The van der Waals surface area contributed by atoms with Crippen LogP contribution in [0.5, 0.6) is 0 Å². The maximum atomic E-state index is 4.22. The first-order valence-electron chi connectivity index (χ1n) is 7.11. The van der Waals surface area contributed by atoms with Gasteiger partial charge in [0.2, 0.25) is 0 Å². The Kier molecular flexibility index (Phi) is 3.35. The van der Waals surface area contributed by atoms with Crippen molar-refractivity contribution in [1.29, 1.82) is 0 Å². The fourth-order valence-electron chi connectivity index (χ4n) is 2.74. The normalized spacial score (nSPS) is 17.0. The molecule has 3 nitrogen and oxygen atoms in total. The molecule has 0 saturated carbocycles. The molecule has 2 heterocycles. The van der Waals surface area contributed by atoms with E-state index in [0.717, 1.165) is 19.6 Å². The number of nitrogens with zero attached hydrogens (tertiary/aromatic N) is 2. The largest absolute Gasteiger partial charge is 0.383 e. The summed E-state index contributed by atoms with van der Waals surface area (Å²) in [7, 11) is 0. The summed E-state index contributed by atoms with van der Waals surface area (Å²) in [5.74, 6) is 0. The fraction of sp³-hybridized carbons (Fsp3) is 0.353. The van der Waals surface area contributed by atoms with E-state index in [0.29, 0.717) is 0 Å². The third-order valence-electron chi connectivity index (χ3n) is 3.72. The molecule has 0 atom stereocenters. The fourth-order valence-corrected chi connectivity index (χ4v) is 2.74. The van der Waals surface area contributed by atoms with Crippen LogP contribution in [0.25, 0.3) is 0 Å². The van der Waals surface area contributed by atoms with E-state index in [1.807, 2.05) is 18.5 Å². The van der Waals surface area contributed by atoms with Gasteiger partial charge in [-0.05, 0) is 29.2 Å². The van der Waals surface area contributed by atoms with E-state index in [1.54, 1.807) is 0 Å². The smallest absolute Gasteiger partial charge is 0.0605 e. The van der Waals surface area contributed by atoms with E-state index >= 15 is 0 Å². The van der Waals surface area contributed by atoms with Crippen molar-refractivity contribution in [3.8, 4) is 0 Å². The van der Waals surface area contributed by atoms with Gasteiger partial charge in [-0.1, -0.05) is 32.0 Å². The summed E-state index contributed by atoms with van der Waals surface area (Å²) < 4.78 is 0. The second-order valence-electron chi connectivity index (χ2n) is 6.25. The SMILES string of the molecule is CC1(C)CNc2ccccc2N(Cc2cccnc2)C1. The summed E-state index contributed by atoms with van der Waals surface area (Å²) >= 11 is 0. The zero-order valence-electron chi connectivity index (χ0n) is 12.1. The van der Waals surface area contributed by atoms with Crippen molar-refractivity contribution in [3.05, 3.63) is 54.4 Å². The van der Waals surface area contributed by atoms with Crippen molar-refractivity contribution in [2.75, 3.05) is 23.3 Å². The lowest BCUT2D eigenvalue weighted by Gasteiger charge is -2.31. The number of hydrogen-bond acceptors (Lipinski definition) is 3. The number of fused-ring (bicyclic) bond motifs is 1. The minimum absolute atomic E-state index is 0.237. The lowest BCUT2D eigenvalue weighted by Crippen LogP contribution is -2.35. The van der Waals surface area contributed by atoms with Crippen molar-refractivity contribution in [2.24, 2.45) is 5.41 Å². The number of anilines is 2. The monoisotopic (exact) mass is 267 g/mol. The third kappa shape index (κ3) is 2.77. The molecular formula is C17H21N3. The van der Waals surface area contributed by atoms with Crippen molar-refractivity contribution < 1.29 is 0 Å². The van der Waals surface area contributed by atoms with Gasteiger partial charge in [0.1, 0.15) is 0 Å². The van der Waals surface area contributed by atoms with Crippen LogP contribution in [0.4, 0.5) is 11.4 Å². The maximum absolute atomic E-state index is 4.22. The minimum atomic E-state index is 0.237. The van der Waals surface area contributed by atoms with Gasteiger partial charge < -0.3 is 10.2 Å². The molecule has 3 rings (SSSR count). The highest BCUT2D eigenvalue weighted by atomic mass is 15.2. The topological polar surface area (TPSA) is 28.2 Å². The standard InChI is InChI=1S/C17H21N3/c1-17(2)12-19-15-7-3-4-8-16(15)20(13-17)11-14-6-5-9-18-10-14/h3-10,19H,11-13H2,1-2H3. The van der Waals surface area contributed by atoms with Gasteiger partial charge in [0.15, 0.2) is 0 Å². The van der Waals surface area contributed by atoms with Crippen molar-refractivity contribution in [3.63, 3.8) is 0 Å². The highest BCUT2D eigenvalue weighted by Gasteiger charge is 2.27. The molecular weight excluding hydrogens is 246 g/mol. The Hall–Kier alpha value is -2.03. The van der Waals surface area contributed by atoms with Crippen molar-refractivity contribution in [1.82, 2.24) is 4.98 Å². The average molecular weight is 267 g/mol. The summed E-state index contributed by atoms with van der Waals surface area (Å²) in [6.07, 6.45) is 3.78. The van der Waals surface area contributed by atoms with Gasteiger partial charge in [0, 0.05) is 32.0 Å². The minimum Gasteiger partial charge on any atom is -0.383 e. The zero-order valence-corrected chi connectivity index (χ0v) is 12.1. The van der Waals surface area contributed by atoms with Crippen LogP contribution < -0.4 is 10.2 Å². The Morgan fingerprint density at radius 3 is 2.85 bits per heavy atom. The first-order chi connectivity index (χ1) is 9.64. The van der Waals surface area contributed by atoms with Crippen LogP contribution in [0.1, 0.15) is 19.4 Å². The molecule has 2 aromatic rings. The molecule has 0 aliphatic carbocycles. The van der Waals surface area contributed by atoms with Crippen molar-refractivity contribution in [2.45, 2.75) is 20.4 Å². The van der Waals surface area contributed by atoms with E-state index in [9.17, 15) is 0 Å². The molecule has 1 aliphatic rings. The molecule has 1 aliphatic heterocycles. The Bertz CT molecular complexity index is 578. The molecule has 1 aromatic carbocycles. The predicted molar refractivity (Wildman–Crippen MR) is 84.0 cm³/mol. The Labute approximate surface area is 120 Å². The van der Waals surface area contributed by atoms with E-state index in [4.69, 9.17) is 0 Å². The van der Waals surface area contributed by atoms with Gasteiger partial charge in [-0.15, -0.1) is 0 Å². The molecule has 104 valence electrons. The summed E-state index contributed by atoms with van der Waals surface area (Å²) in [5, 5.41) is 3.57. The van der Waals surface area contributed by atoms with Crippen LogP contribution in [-0.4, -0.2) is 18.1 Å². The Morgan fingerprint density at radius 1 is 1.20 bits per heavy atom. The lowest BCUT2D eigenvalue weighted by molar-refractivity contribution is 0.394. The second-order valence-corrected chi connectivity index (χ2v) is 6.25. The first kappa shape index (κ1) is 13.0. The van der Waals surface area contributed by atoms with Gasteiger partial charge in [-0.3, -0.25) is 4.98 Å². The summed E-state index contributed by atoms with van der Waals surface area (Å²) in [6, 6.07) is 12.7. The van der Waals surface area contributed by atoms with Crippen LogP contribution in [0, 0.1) is 5.41 Å². The molecule has 1 aromatic heterocycles. The highest BCUT2D eigenvalue weighted by Crippen LogP contribution is 2.34. The van der Waals surface area contributed by atoms with E-state index < -0.39 is 0 Å². The van der Waals surface area contributed by atoms with Gasteiger partial charge in [-0.2, -0.15) is 0 Å². The van der Waals surface area contributed by atoms with Gasteiger partial charge in [-0.25, -0.2) is 0 Å². The Balaban J connectivity index is 1.94. The molecule has 0 amide bonds. The van der Waals surface area contributed by atoms with E-state index in [-0.39, 0.29) is 5.41 Å². The molecule has 0 bridgehead atoms.